The molecular weight excluding hydrogens is 372 g/mol. The van der Waals surface area contributed by atoms with Crippen LogP contribution in [-0.2, 0) is 4.79 Å². The highest BCUT2D eigenvalue weighted by atomic mass is 35.5. The van der Waals surface area contributed by atoms with Crippen molar-refractivity contribution in [1.82, 2.24) is 5.32 Å². The normalized spacial score (nSPS) is 31.9. The first-order valence-electron chi connectivity index (χ1n) is 10.1. The van der Waals surface area contributed by atoms with E-state index in [-0.39, 0.29) is 22.9 Å². The molecule has 4 bridgehead atoms. The summed E-state index contributed by atoms with van der Waals surface area (Å²) in [5.41, 5.74) is 7.11. The third-order valence-corrected chi connectivity index (χ3v) is 7.39. The highest BCUT2D eigenvalue weighted by molar-refractivity contribution is 6.33. The van der Waals surface area contributed by atoms with Gasteiger partial charge in [-0.15, -0.1) is 0 Å². The van der Waals surface area contributed by atoms with E-state index in [2.05, 4.69) is 17.6 Å². The van der Waals surface area contributed by atoms with Crippen LogP contribution < -0.4 is 16.4 Å². The molecule has 28 heavy (non-hydrogen) atoms. The molecule has 4 saturated carbocycles. The Labute approximate surface area is 171 Å². The van der Waals surface area contributed by atoms with Crippen molar-refractivity contribution in [2.75, 3.05) is 11.1 Å². The van der Waals surface area contributed by atoms with E-state index in [9.17, 15) is 10.1 Å². The molecule has 5 rings (SSSR count). The fraction of sp³-hybridized carbons (Fsp3) is 0.545. The van der Waals surface area contributed by atoms with Gasteiger partial charge in [0.1, 0.15) is 11.6 Å². The number of nitrogens with two attached hydrogens (primary N) is 1. The molecule has 4 aliphatic rings. The van der Waals surface area contributed by atoms with E-state index in [1.54, 1.807) is 18.2 Å². The number of nitrogens with zero attached hydrogens (tertiary/aromatic N) is 1. The first kappa shape index (κ1) is 19.1. The van der Waals surface area contributed by atoms with Crippen molar-refractivity contribution in [3.63, 3.8) is 0 Å². The van der Waals surface area contributed by atoms with Crippen molar-refractivity contribution in [3.05, 3.63) is 35.0 Å². The fourth-order valence-electron chi connectivity index (χ4n) is 6.08. The molecule has 0 saturated heterocycles. The lowest BCUT2D eigenvalue weighted by Crippen LogP contribution is -2.56. The predicted octanol–water partition coefficient (Wildman–Crippen LogP) is 4.46. The Balaban J connectivity index is 1.43. The molecule has 6 heteroatoms. The molecule has 1 unspecified atom stereocenters. The van der Waals surface area contributed by atoms with Crippen LogP contribution in [0.25, 0.3) is 0 Å². The topological polar surface area (TPSA) is 90.9 Å². The second-order valence-electron chi connectivity index (χ2n) is 9.03. The molecule has 0 aromatic heterocycles. The zero-order chi connectivity index (χ0) is 19.9. The number of nitrogens with one attached hydrogen (secondary N) is 2. The molecule has 4 N–H and O–H groups in total. The standard InChI is InChI=1S/C22H27ClN4O/c1-13(22-8-14-4-15(9-22)6-16(5-14)10-22)27-21(28)17(11-24)12-26-20-3-2-18(25)7-19(20)23/h2-3,7,12-16,26H,4-6,8-10,25H2,1H3,(H,27,28)/b17-12-. The Bertz CT molecular complexity index is 821. The summed E-state index contributed by atoms with van der Waals surface area (Å²) in [6.07, 6.45) is 9.17. The van der Waals surface area contributed by atoms with Crippen LogP contribution in [0, 0.1) is 34.5 Å². The third-order valence-electron chi connectivity index (χ3n) is 7.08. The molecule has 1 amide bonds. The first-order valence-corrected chi connectivity index (χ1v) is 10.5. The van der Waals surface area contributed by atoms with Gasteiger partial charge in [-0.3, -0.25) is 4.79 Å². The van der Waals surface area contributed by atoms with Gasteiger partial charge >= 0.3 is 0 Å². The maximum Gasteiger partial charge on any atom is 0.263 e. The van der Waals surface area contributed by atoms with Gasteiger partial charge in [-0.05, 0) is 86.8 Å². The molecule has 148 valence electrons. The molecule has 0 heterocycles. The average molecular weight is 399 g/mol. The minimum Gasteiger partial charge on any atom is -0.399 e. The van der Waals surface area contributed by atoms with Gasteiger partial charge in [0.15, 0.2) is 0 Å². The quantitative estimate of drug-likeness (QED) is 0.388. The van der Waals surface area contributed by atoms with Gasteiger partial charge in [0, 0.05) is 17.9 Å². The Morgan fingerprint density at radius 2 is 1.89 bits per heavy atom. The molecule has 0 spiro atoms. The Kier molecular flexibility index (Phi) is 5.01. The molecular formula is C22H27ClN4O. The van der Waals surface area contributed by atoms with E-state index >= 15 is 0 Å². The number of hydrogen-bond donors (Lipinski definition) is 3. The maximum absolute atomic E-state index is 12.7. The number of hydrogen-bond acceptors (Lipinski definition) is 4. The van der Waals surface area contributed by atoms with E-state index in [0.29, 0.717) is 16.4 Å². The Morgan fingerprint density at radius 1 is 1.29 bits per heavy atom. The molecule has 1 aromatic carbocycles. The van der Waals surface area contributed by atoms with E-state index in [1.807, 2.05) is 6.07 Å². The summed E-state index contributed by atoms with van der Waals surface area (Å²) in [5.74, 6) is 2.15. The number of halogens is 1. The summed E-state index contributed by atoms with van der Waals surface area (Å²) in [6.45, 7) is 2.12. The van der Waals surface area contributed by atoms with Crippen LogP contribution in [0.15, 0.2) is 30.0 Å². The molecule has 5 nitrogen and oxygen atoms in total. The summed E-state index contributed by atoms with van der Waals surface area (Å²) in [7, 11) is 0. The van der Waals surface area contributed by atoms with Crippen LogP contribution >= 0.6 is 11.6 Å². The highest BCUT2D eigenvalue weighted by Gasteiger charge is 2.53. The summed E-state index contributed by atoms with van der Waals surface area (Å²) in [5, 5.41) is 16.0. The fourth-order valence-corrected chi connectivity index (χ4v) is 6.33. The van der Waals surface area contributed by atoms with Crippen LogP contribution in [0.2, 0.25) is 5.02 Å². The van der Waals surface area contributed by atoms with Crippen LogP contribution in [0.3, 0.4) is 0 Å². The van der Waals surface area contributed by atoms with Crippen molar-refractivity contribution in [2.45, 2.75) is 51.5 Å². The number of carbonyl (C=O) groups excluding carboxylic acids is 1. The number of amides is 1. The van der Waals surface area contributed by atoms with Crippen molar-refractivity contribution >= 4 is 28.9 Å². The lowest BCUT2D eigenvalue weighted by Gasteiger charge is -2.59. The van der Waals surface area contributed by atoms with E-state index in [0.717, 1.165) is 17.8 Å². The SMILES string of the molecule is CC(NC(=O)/C(C#N)=C\Nc1ccc(N)cc1Cl)C12CC3CC(CC(C3)C1)C2. The second-order valence-corrected chi connectivity index (χ2v) is 9.44. The number of anilines is 2. The summed E-state index contributed by atoms with van der Waals surface area (Å²) in [6, 6.07) is 7.13. The van der Waals surface area contributed by atoms with Gasteiger partial charge in [0.25, 0.3) is 5.91 Å². The summed E-state index contributed by atoms with van der Waals surface area (Å²) >= 11 is 6.14. The first-order chi connectivity index (χ1) is 13.4. The monoisotopic (exact) mass is 398 g/mol. The Morgan fingerprint density at radius 3 is 2.43 bits per heavy atom. The van der Waals surface area contributed by atoms with Gasteiger partial charge in [-0.2, -0.15) is 5.26 Å². The predicted molar refractivity (Wildman–Crippen MR) is 111 cm³/mol. The third kappa shape index (κ3) is 3.58. The molecule has 0 aliphatic heterocycles. The molecule has 1 atom stereocenters. The lowest BCUT2D eigenvalue weighted by molar-refractivity contribution is -0.122. The second kappa shape index (κ2) is 7.33. The smallest absolute Gasteiger partial charge is 0.263 e. The van der Waals surface area contributed by atoms with Gasteiger partial charge in [-0.1, -0.05) is 11.6 Å². The Hall–Kier alpha value is -2.19. The maximum atomic E-state index is 12.7. The zero-order valence-electron chi connectivity index (χ0n) is 16.2. The van der Waals surface area contributed by atoms with Crippen molar-refractivity contribution in [2.24, 2.45) is 23.2 Å². The van der Waals surface area contributed by atoms with Crippen LogP contribution in [0.5, 0.6) is 0 Å². The van der Waals surface area contributed by atoms with Gasteiger partial charge in [-0.25, -0.2) is 0 Å². The minimum absolute atomic E-state index is 0.0458. The number of nitriles is 1. The molecule has 1 aromatic rings. The molecule has 4 aliphatic carbocycles. The summed E-state index contributed by atoms with van der Waals surface area (Å²) in [4.78, 5) is 12.7. The average Bonchev–Trinajstić information content (AvgIpc) is 2.62. The van der Waals surface area contributed by atoms with Gasteiger partial charge in [0.05, 0.1) is 10.7 Å². The lowest BCUT2D eigenvalue weighted by atomic mass is 9.48. The van der Waals surface area contributed by atoms with Crippen LogP contribution in [-0.4, -0.2) is 11.9 Å². The van der Waals surface area contributed by atoms with E-state index < -0.39 is 0 Å². The zero-order valence-corrected chi connectivity index (χ0v) is 16.9. The van der Waals surface area contributed by atoms with Gasteiger partial charge < -0.3 is 16.4 Å². The number of rotatable bonds is 5. The van der Waals surface area contributed by atoms with E-state index in [1.165, 1.54) is 44.7 Å². The number of carbonyl (C=O) groups is 1. The van der Waals surface area contributed by atoms with Crippen LogP contribution in [0.4, 0.5) is 11.4 Å². The number of nitrogen functional groups attached to an aromatic ring is 1. The number of benzene rings is 1. The van der Waals surface area contributed by atoms with Crippen molar-refractivity contribution in [1.29, 1.82) is 5.26 Å². The largest absolute Gasteiger partial charge is 0.399 e. The van der Waals surface area contributed by atoms with Crippen LogP contribution in [0.1, 0.15) is 45.4 Å². The molecule has 4 fully saturated rings. The van der Waals surface area contributed by atoms with Gasteiger partial charge in [0.2, 0.25) is 0 Å². The highest BCUT2D eigenvalue weighted by Crippen LogP contribution is 2.61. The summed E-state index contributed by atoms with van der Waals surface area (Å²) < 4.78 is 0. The van der Waals surface area contributed by atoms with Crippen molar-refractivity contribution < 1.29 is 4.79 Å². The van der Waals surface area contributed by atoms with Crippen molar-refractivity contribution in [3.8, 4) is 6.07 Å². The minimum atomic E-state index is -0.329. The molecule has 0 radical (unpaired) electrons. The van der Waals surface area contributed by atoms with E-state index in [4.69, 9.17) is 17.3 Å².